The fourth-order valence-electron chi connectivity index (χ4n) is 10.2. The van der Waals surface area contributed by atoms with E-state index in [1.54, 1.807) is 0 Å². The van der Waals surface area contributed by atoms with Gasteiger partial charge < -0.3 is 4.42 Å². The lowest BCUT2D eigenvalue weighted by Gasteiger charge is -2.19. The second-order valence-electron chi connectivity index (χ2n) is 15.0. The second kappa shape index (κ2) is 10.7. The summed E-state index contributed by atoms with van der Waals surface area (Å²) < 4.78 is 6.39. The highest BCUT2D eigenvalue weighted by Gasteiger charge is 2.27. The fraction of sp³-hybridized carbons (Fsp3) is 0. The van der Waals surface area contributed by atoms with Gasteiger partial charge in [0.25, 0.3) is 0 Å². The lowest BCUT2D eigenvalue weighted by atomic mass is 9.84. The third kappa shape index (κ3) is 3.77. The van der Waals surface area contributed by atoms with Crippen LogP contribution in [0, 0.1) is 0 Å². The van der Waals surface area contributed by atoms with Gasteiger partial charge in [0.1, 0.15) is 11.2 Å². The van der Waals surface area contributed by atoms with Crippen molar-refractivity contribution in [2.24, 2.45) is 0 Å². The van der Waals surface area contributed by atoms with Gasteiger partial charge in [0.15, 0.2) is 0 Å². The Kier molecular flexibility index (Phi) is 5.69. The minimum atomic E-state index is 0.916. The van der Waals surface area contributed by atoms with E-state index in [0.29, 0.717) is 0 Å². The Labute approximate surface area is 315 Å². The Balaban J connectivity index is 1.29. The Hall–Kier alpha value is -7.22. The molecule has 13 rings (SSSR count). The van der Waals surface area contributed by atoms with Crippen LogP contribution in [0.5, 0.6) is 0 Å². The summed E-state index contributed by atoms with van der Waals surface area (Å²) in [4.78, 5) is 0. The smallest absolute Gasteiger partial charge is 0.136 e. The van der Waals surface area contributed by atoms with E-state index in [1.807, 2.05) is 6.07 Å². The van der Waals surface area contributed by atoms with E-state index < -0.39 is 0 Å². The number of para-hydroxylation sites is 1. The number of rotatable bonds is 3. The van der Waals surface area contributed by atoms with Gasteiger partial charge in [-0.2, -0.15) is 0 Å². The van der Waals surface area contributed by atoms with E-state index in [0.717, 1.165) is 16.6 Å². The minimum absolute atomic E-state index is 0.916. The lowest BCUT2D eigenvalue weighted by molar-refractivity contribution is 0.669. The van der Waals surface area contributed by atoms with Gasteiger partial charge >= 0.3 is 0 Å². The van der Waals surface area contributed by atoms with Crippen LogP contribution in [-0.4, -0.2) is 0 Å². The maximum absolute atomic E-state index is 6.39. The van der Waals surface area contributed by atoms with Crippen LogP contribution in [0.25, 0.3) is 131 Å². The average molecular weight is 695 g/mol. The summed E-state index contributed by atoms with van der Waals surface area (Å²) in [5.74, 6) is 0. The molecule has 0 aliphatic carbocycles. The van der Waals surface area contributed by atoms with E-state index in [9.17, 15) is 0 Å². The SMILES string of the molecule is c1ccc(-c2c3cc4c5ccccc5c5cccc(c3c(-c3ccccc3)c3c6cccc7c(-c8cccc9oc%10ccccc%10c89)ccc(c23)c76)c54)cc1. The molecule has 0 saturated carbocycles. The highest BCUT2D eigenvalue weighted by molar-refractivity contribution is 6.45. The van der Waals surface area contributed by atoms with E-state index >= 15 is 0 Å². The summed E-state index contributed by atoms with van der Waals surface area (Å²) >= 11 is 0. The van der Waals surface area contributed by atoms with Crippen molar-refractivity contribution in [2.45, 2.75) is 0 Å². The molecule has 0 aliphatic rings. The minimum Gasteiger partial charge on any atom is -0.456 e. The van der Waals surface area contributed by atoms with Gasteiger partial charge in [-0.05, 0) is 127 Å². The van der Waals surface area contributed by atoms with Crippen LogP contribution in [0.4, 0.5) is 0 Å². The van der Waals surface area contributed by atoms with Gasteiger partial charge in [-0.25, -0.2) is 0 Å². The van der Waals surface area contributed by atoms with Crippen molar-refractivity contribution in [1.29, 1.82) is 0 Å². The van der Waals surface area contributed by atoms with Gasteiger partial charge in [0.2, 0.25) is 0 Å². The highest BCUT2D eigenvalue weighted by atomic mass is 16.3. The Bertz CT molecular complexity index is 3680. The Morgan fingerprint density at radius 2 is 0.764 bits per heavy atom. The zero-order valence-corrected chi connectivity index (χ0v) is 29.7. The van der Waals surface area contributed by atoms with Crippen molar-refractivity contribution in [3.05, 3.63) is 182 Å². The maximum atomic E-state index is 6.39. The van der Waals surface area contributed by atoms with E-state index in [1.165, 1.54) is 114 Å². The normalized spacial score (nSPS) is 12.4. The molecule has 1 heteroatoms. The van der Waals surface area contributed by atoms with Crippen molar-refractivity contribution in [1.82, 2.24) is 0 Å². The van der Waals surface area contributed by atoms with Crippen LogP contribution in [0.2, 0.25) is 0 Å². The molecule has 0 radical (unpaired) electrons. The average Bonchev–Trinajstić information content (AvgIpc) is 3.90. The summed E-state index contributed by atoms with van der Waals surface area (Å²) in [7, 11) is 0. The fourth-order valence-corrected chi connectivity index (χ4v) is 10.2. The maximum Gasteiger partial charge on any atom is 0.136 e. The molecule has 0 N–H and O–H groups in total. The predicted octanol–water partition coefficient (Wildman–Crippen LogP) is 15.5. The molecule has 0 aliphatic heterocycles. The molecule has 0 atom stereocenters. The van der Waals surface area contributed by atoms with Crippen molar-refractivity contribution in [2.75, 3.05) is 0 Å². The number of fused-ring (bicyclic) bond motifs is 11. The molecule has 0 amide bonds. The molecule has 1 aromatic heterocycles. The molecule has 0 saturated heterocycles. The number of furan rings is 1. The quantitative estimate of drug-likeness (QED) is 0.168. The lowest BCUT2D eigenvalue weighted by Crippen LogP contribution is -1.91. The highest BCUT2D eigenvalue weighted by Crippen LogP contribution is 2.55. The summed E-state index contributed by atoms with van der Waals surface area (Å²) in [6, 6.07) is 67.2. The monoisotopic (exact) mass is 694 g/mol. The van der Waals surface area contributed by atoms with Gasteiger partial charge in [-0.3, -0.25) is 0 Å². The van der Waals surface area contributed by atoms with Crippen molar-refractivity contribution in [3.8, 4) is 33.4 Å². The first kappa shape index (κ1) is 29.3. The van der Waals surface area contributed by atoms with Crippen LogP contribution in [0.15, 0.2) is 186 Å². The molecule has 55 heavy (non-hydrogen) atoms. The Morgan fingerprint density at radius 3 is 1.55 bits per heavy atom. The third-order valence-electron chi connectivity index (χ3n) is 12.3. The van der Waals surface area contributed by atoms with Gasteiger partial charge in [0, 0.05) is 10.8 Å². The number of hydrogen-bond acceptors (Lipinski definition) is 1. The second-order valence-corrected chi connectivity index (χ2v) is 15.0. The van der Waals surface area contributed by atoms with Crippen molar-refractivity contribution in [3.63, 3.8) is 0 Å². The van der Waals surface area contributed by atoms with Crippen molar-refractivity contribution >= 4 is 97.3 Å². The van der Waals surface area contributed by atoms with Crippen LogP contribution in [0.3, 0.4) is 0 Å². The van der Waals surface area contributed by atoms with Crippen molar-refractivity contribution < 1.29 is 4.42 Å². The van der Waals surface area contributed by atoms with Crippen LogP contribution < -0.4 is 0 Å². The largest absolute Gasteiger partial charge is 0.456 e. The molecule has 0 spiro atoms. The first-order valence-corrected chi connectivity index (χ1v) is 19.1. The molecule has 1 nitrogen and oxygen atoms in total. The standard InChI is InChI=1S/C54H30O/c1-3-14-31(15-4-1)47-44-30-43-34-19-8-7-18-33(34)36-21-11-24-40(50(36)43)52(44)48(32-16-5-2-6-17-32)54-41-25-12-22-37-35(28-29-42(49(37)41)53(47)54)38-23-13-27-46-51(38)39-20-9-10-26-45(39)55-46/h1-30H. The molecule has 0 unspecified atom stereocenters. The van der Waals surface area contributed by atoms with Gasteiger partial charge in [-0.1, -0.05) is 164 Å². The summed E-state index contributed by atoms with van der Waals surface area (Å²) in [6.45, 7) is 0. The molecule has 0 bridgehead atoms. The molecule has 13 aromatic rings. The third-order valence-corrected chi connectivity index (χ3v) is 12.3. The summed E-state index contributed by atoms with van der Waals surface area (Å²) in [5, 5.41) is 20.6. The predicted molar refractivity (Wildman–Crippen MR) is 235 cm³/mol. The van der Waals surface area contributed by atoms with Gasteiger partial charge in [0.05, 0.1) is 0 Å². The molecular weight excluding hydrogens is 665 g/mol. The van der Waals surface area contributed by atoms with Gasteiger partial charge in [-0.15, -0.1) is 0 Å². The number of benzene rings is 10. The van der Waals surface area contributed by atoms with E-state index in [2.05, 4.69) is 176 Å². The summed E-state index contributed by atoms with van der Waals surface area (Å²) in [5.41, 5.74) is 9.32. The van der Waals surface area contributed by atoms with Crippen LogP contribution in [-0.2, 0) is 0 Å². The summed E-state index contributed by atoms with van der Waals surface area (Å²) in [6.07, 6.45) is 0. The zero-order valence-electron chi connectivity index (χ0n) is 29.7. The van der Waals surface area contributed by atoms with Crippen LogP contribution >= 0.6 is 0 Å². The molecule has 1 heterocycles. The topological polar surface area (TPSA) is 13.1 Å². The Morgan fingerprint density at radius 1 is 0.236 bits per heavy atom. The van der Waals surface area contributed by atoms with E-state index in [4.69, 9.17) is 4.42 Å². The molecule has 12 aromatic carbocycles. The first-order valence-electron chi connectivity index (χ1n) is 19.1. The van der Waals surface area contributed by atoms with Crippen LogP contribution in [0.1, 0.15) is 0 Å². The molecule has 0 fully saturated rings. The van der Waals surface area contributed by atoms with E-state index in [-0.39, 0.29) is 0 Å². The zero-order chi connectivity index (χ0) is 35.8. The molecule has 252 valence electrons. The molecular formula is C54H30O. The first-order chi connectivity index (χ1) is 27.3. The number of hydrogen-bond donors (Lipinski definition) is 0.